The van der Waals surface area contributed by atoms with Crippen LogP contribution in [0, 0.1) is 28.7 Å². The van der Waals surface area contributed by atoms with Crippen LogP contribution in [0.1, 0.15) is 25.7 Å². The normalized spacial score (nSPS) is 45.7. The van der Waals surface area contributed by atoms with Gasteiger partial charge in [-0.3, -0.25) is 10.1 Å². The van der Waals surface area contributed by atoms with Gasteiger partial charge >= 0.3 is 0 Å². The van der Waals surface area contributed by atoms with Crippen LogP contribution in [0.4, 0.5) is 0 Å². The van der Waals surface area contributed by atoms with Gasteiger partial charge in [0.2, 0.25) is 5.91 Å². The summed E-state index contributed by atoms with van der Waals surface area (Å²) in [7, 11) is 0. The molecule has 1 amide bonds. The van der Waals surface area contributed by atoms with Crippen molar-refractivity contribution in [1.29, 1.82) is 5.26 Å². The van der Waals surface area contributed by atoms with E-state index in [1.165, 1.54) is 0 Å². The zero-order valence-corrected chi connectivity index (χ0v) is 16.4. The van der Waals surface area contributed by atoms with Crippen LogP contribution in [0.25, 0.3) is 0 Å². The minimum atomic E-state index is -0.105. The Morgan fingerprint density at radius 1 is 1.44 bits per heavy atom. The Hall–Kier alpha value is -0.350. The highest BCUT2D eigenvalue weighted by atomic mass is 35.5. The molecule has 7 atom stereocenters. The summed E-state index contributed by atoms with van der Waals surface area (Å²) in [6.07, 6.45) is 6.03. The minimum absolute atomic E-state index is 0.0925. The number of likely N-dealkylation sites (tertiary alicyclic amines) is 1. The zero-order chi connectivity index (χ0) is 17.6. The van der Waals surface area contributed by atoms with Crippen LogP contribution in [0.5, 0.6) is 0 Å². The molecule has 0 spiro atoms. The summed E-state index contributed by atoms with van der Waals surface area (Å²) in [4.78, 5) is 14.9. The largest absolute Gasteiger partial charge is 0.340 e. The summed E-state index contributed by atoms with van der Waals surface area (Å²) in [5.41, 5.74) is 0.149. The van der Waals surface area contributed by atoms with Gasteiger partial charge in [-0.2, -0.15) is 5.26 Å². The number of hydrogen-bond acceptors (Lipinski definition) is 5. The number of carbonyl (C=O) groups is 1. The summed E-state index contributed by atoms with van der Waals surface area (Å²) >= 11 is 14.6. The molecule has 4 rings (SSSR count). The van der Waals surface area contributed by atoms with Gasteiger partial charge in [0.05, 0.1) is 11.4 Å². The third kappa shape index (κ3) is 3.45. The SMILES string of the molecule is N#CNCC12CC1CN(C(=O)C1CSC(C3CCC(Cl)CC3Cl)N1)C2. The van der Waals surface area contributed by atoms with Crippen molar-refractivity contribution < 1.29 is 4.79 Å². The Balaban J connectivity index is 1.31. The fourth-order valence-corrected chi connectivity index (χ4v) is 7.24. The van der Waals surface area contributed by atoms with E-state index in [-0.39, 0.29) is 33.5 Å². The molecule has 5 nitrogen and oxygen atoms in total. The second-order valence-corrected chi connectivity index (χ2v) is 10.4. The van der Waals surface area contributed by atoms with Gasteiger partial charge in [-0.25, -0.2) is 0 Å². The van der Waals surface area contributed by atoms with Crippen LogP contribution >= 0.6 is 35.0 Å². The van der Waals surface area contributed by atoms with Crippen LogP contribution in [-0.4, -0.2) is 58.4 Å². The van der Waals surface area contributed by atoms with Gasteiger partial charge in [-0.15, -0.1) is 35.0 Å². The molecule has 25 heavy (non-hydrogen) atoms. The monoisotopic (exact) mass is 402 g/mol. The number of amides is 1. The van der Waals surface area contributed by atoms with E-state index in [9.17, 15) is 4.79 Å². The molecule has 7 unspecified atom stereocenters. The standard InChI is InChI=1S/C17H24Cl2N4OS/c18-11-1-2-12(13(19)3-11)15-22-14(6-25-15)16(24)23-5-10-4-17(10,8-23)7-21-9-20/h10-15,21-22H,1-8H2. The number of nitrogens with zero attached hydrogens (tertiary/aromatic N) is 2. The van der Waals surface area contributed by atoms with Crippen LogP contribution in [0.3, 0.4) is 0 Å². The molecule has 8 heteroatoms. The van der Waals surface area contributed by atoms with Crippen LogP contribution in [0.2, 0.25) is 0 Å². The lowest BCUT2D eigenvalue weighted by Gasteiger charge is -2.34. The lowest BCUT2D eigenvalue weighted by Crippen LogP contribution is -2.49. The molecule has 2 aliphatic heterocycles. The molecule has 0 radical (unpaired) electrons. The van der Waals surface area contributed by atoms with Crippen molar-refractivity contribution in [2.75, 3.05) is 25.4 Å². The van der Waals surface area contributed by atoms with E-state index in [1.807, 2.05) is 22.9 Å². The number of alkyl halides is 2. The third-order valence-corrected chi connectivity index (χ3v) is 8.66. The van der Waals surface area contributed by atoms with E-state index in [4.69, 9.17) is 28.5 Å². The molecule has 0 aromatic rings. The molecule has 2 heterocycles. The first-order valence-corrected chi connectivity index (χ1v) is 11.0. The van der Waals surface area contributed by atoms with Gasteiger partial charge in [-0.1, -0.05) is 0 Å². The Bertz CT molecular complexity index is 587. The summed E-state index contributed by atoms with van der Waals surface area (Å²) in [6.45, 7) is 2.33. The van der Waals surface area contributed by atoms with E-state index >= 15 is 0 Å². The van der Waals surface area contributed by atoms with E-state index < -0.39 is 0 Å². The molecule has 138 valence electrons. The highest BCUT2D eigenvalue weighted by Gasteiger charge is 2.61. The van der Waals surface area contributed by atoms with Gasteiger partial charge in [0, 0.05) is 47.5 Å². The summed E-state index contributed by atoms with van der Waals surface area (Å²) in [6, 6.07) is -0.105. The van der Waals surface area contributed by atoms with E-state index in [0.29, 0.717) is 18.4 Å². The predicted octanol–water partition coefficient (Wildman–Crippen LogP) is 1.95. The summed E-state index contributed by atoms with van der Waals surface area (Å²) < 4.78 is 0. The number of nitriles is 1. The molecule has 0 aromatic carbocycles. The first kappa shape index (κ1) is 18.0. The number of nitrogens with one attached hydrogen (secondary N) is 2. The zero-order valence-electron chi connectivity index (χ0n) is 14.1. The Labute approximate surface area is 163 Å². The van der Waals surface area contributed by atoms with E-state index in [1.54, 1.807) is 0 Å². The second kappa shape index (κ2) is 6.99. The second-order valence-electron chi connectivity index (χ2n) is 8.01. The van der Waals surface area contributed by atoms with Crippen LogP contribution < -0.4 is 10.6 Å². The fraction of sp³-hybridized carbons (Fsp3) is 0.882. The maximum atomic E-state index is 12.9. The molecule has 4 aliphatic rings. The molecule has 2 N–H and O–H groups in total. The van der Waals surface area contributed by atoms with Crippen LogP contribution in [-0.2, 0) is 4.79 Å². The number of fused-ring (bicyclic) bond motifs is 1. The van der Waals surface area contributed by atoms with Gasteiger partial charge in [0.15, 0.2) is 6.19 Å². The lowest BCUT2D eigenvalue weighted by molar-refractivity contribution is -0.132. The summed E-state index contributed by atoms with van der Waals surface area (Å²) in [5, 5.41) is 15.6. The molecule has 2 saturated carbocycles. The molecule has 4 fully saturated rings. The van der Waals surface area contributed by atoms with Gasteiger partial charge in [0.1, 0.15) is 0 Å². The third-order valence-electron chi connectivity index (χ3n) is 6.39. The molecule has 0 aromatic heterocycles. The van der Waals surface area contributed by atoms with Crippen molar-refractivity contribution in [2.24, 2.45) is 17.3 Å². The van der Waals surface area contributed by atoms with Crippen molar-refractivity contribution >= 4 is 40.9 Å². The topological polar surface area (TPSA) is 68.2 Å². The highest BCUT2D eigenvalue weighted by molar-refractivity contribution is 8.00. The van der Waals surface area contributed by atoms with Crippen molar-refractivity contribution in [3.63, 3.8) is 0 Å². The Morgan fingerprint density at radius 2 is 2.28 bits per heavy atom. The Morgan fingerprint density at radius 3 is 3.04 bits per heavy atom. The molecular formula is C17H24Cl2N4OS. The summed E-state index contributed by atoms with van der Waals surface area (Å²) in [5.74, 6) is 1.99. The Kier molecular flexibility index (Phi) is 5.05. The van der Waals surface area contributed by atoms with Crippen molar-refractivity contribution in [1.82, 2.24) is 15.5 Å². The highest BCUT2D eigenvalue weighted by Crippen LogP contribution is 2.57. The molecular weight excluding hydrogens is 379 g/mol. The number of halogens is 2. The van der Waals surface area contributed by atoms with Gasteiger partial charge in [0.25, 0.3) is 0 Å². The van der Waals surface area contributed by atoms with Crippen molar-refractivity contribution in [3.05, 3.63) is 0 Å². The molecule has 2 saturated heterocycles. The number of carbonyl (C=O) groups excluding carboxylic acids is 1. The average Bonchev–Trinajstić information content (AvgIpc) is 2.96. The van der Waals surface area contributed by atoms with Gasteiger partial charge < -0.3 is 10.2 Å². The number of thioether (sulfide) groups is 1. The number of hydrogen-bond donors (Lipinski definition) is 2. The van der Waals surface area contributed by atoms with E-state index in [2.05, 4.69) is 10.6 Å². The quantitative estimate of drug-likeness (QED) is 0.427. The fourth-order valence-electron chi connectivity index (χ4n) is 4.79. The number of rotatable bonds is 4. The first-order chi connectivity index (χ1) is 12.0. The predicted molar refractivity (Wildman–Crippen MR) is 101 cm³/mol. The van der Waals surface area contributed by atoms with Crippen LogP contribution in [0.15, 0.2) is 0 Å². The molecule has 0 bridgehead atoms. The maximum Gasteiger partial charge on any atom is 0.240 e. The minimum Gasteiger partial charge on any atom is -0.340 e. The first-order valence-electron chi connectivity index (χ1n) is 9.09. The van der Waals surface area contributed by atoms with Crippen molar-refractivity contribution in [2.45, 2.75) is 47.9 Å². The lowest BCUT2D eigenvalue weighted by atomic mass is 9.88. The maximum absolute atomic E-state index is 12.9. The van der Waals surface area contributed by atoms with Gasteiger partial charge in [-0.05, 0) is 31.6 Å². The number of piperidine rings is 1. The van der Waals surface area contributed by atoms with E-state index in [0.717, 1.165) is 44.5 Å². The van der Waals surface area contributed by atoms with Crippen molar-refractivity contribution in [3.8, 4) is 6.19 Å². The average molecular weight is 403 g/mol. The smallest absolute Gasteiger partial charge is 0.240 e. The molecule has 2 aliphatic carbocycles.